The van der Waals surface area contributed by atoms with Crippen molar-refractivity contribution >= 4 is 5.57 Å². The van der Waals surface area contributed by atoms with E-state index < -0.39 is 0 Å². The summed E-state index contributed by atoms with van der Waals surface area (Å²) in [6.45, 7) is 8.93. The van der Waals surface area contributed by atoms with Crippen LogP contribution in [0.3, 0.4) is 0 Å². The highest BCUT2D eigenvalue weighted by molar-refractivity contribution is 5.80. The Labute approximate surface area is 141 Å². The van der Waals surface area contributed by atoms with Gasteiger partial charge in [-0.15, -0.1) is 0 Å². The van der Waals surface area contributed by atoms with Gasteiger partial charge in [0.15, 0.2) is 0 Å². The Balaban J connectivity index is 2.69. The van der Waals surface area contributed by atoms with Crippen molar-refractivity contribution in [3.63, 3.8) is 0 Å². The van der Waals surface area contributed by atoms with Crippen molar-refractivity contribution in [3.05, 3.63) is 29.3 Å². The quantitative estimate of drug-likeness (QED) is 0.595. The molecular formula is C21H32O2. The molecule has 1 aromatic carbocycles. The minimum atomic E-state index is -0.176. The Bertz CT molecular complexity index is 551. The van der Waals surface area contributed by atoms with E-state index in [0.29, 0.717) is 5.75 Å². The van der Waals surface area contributed by atoms with Gasteiger partial charge in [-0.05, 0) is 49.0 Å². The van der Waals surface area contributed by atoms with Gasteiger partial charge >= 0.3 is 0 Å². The number of hydrogen-bond donors (Lipinski definition) is 1. The van der Waals surface area contributed by atoms with Crippen molar-refractivity contribution in [3.8, 4) is 11.5 Å². The highest BCUT2D eigenvalue weighted by Gasteiger charge is 2.41. The van der Waals surface area contributed by atoms with Crippen LogP contribution in [-0.4, -0.2) is 10.7 Å². The number of allylic oxidation sites excluding steroid dienone is 1. The number of hydrogen-bond acceptors (Lipinski definition) is 2. The van der Waals surface area contributed by atoms with E-state index in [9.17, 15) is 5.11 Å². The van der Waals surface area contributed by atoms with Crippen molar-refractivity contribution < 1.29 is 9.84 Å². The Morgan fingerprint density at radius 2 is 1.57 bits per heavy atom. The van der Waals surface area contributed by atoms with E-state index in [2.05, 4.69) is 27.7 Å². The molecule has 0 aromatic heterocycles. The fourth-order valence-corrected chi connectivity index (χ4v) is 4.10. The highest BCUT2D eigenvalue weighted by Crippen LogP contribution is 2.50. The highest BCUT2D eigenvalue weighted by atomic mass is 16.5. The lowest BCUT2D eigenvalue weighted by Gasteiger charge is -2.43. The van der Waals surface area contributed by atoms with Crippen LogP contribution in [0, 0.1) is 0 Å². The summed E-state index contributed by atoms with van der Waals surface area (Å²) in [5, 5.41) is 10.5. The third kappa shape index (κ3) is 3.41. The Morgan fingerprint density at radius 1 is 0.913 bits per heavy atom. The van der Waals surface area contributed by atoms with Gasteiger partial charge in [-0.3, -0.25) is 0 Å². The second-order valence-electron chi connectivity index (χ2n) is 6.70. The summed E-state index contributed by atoms with van der Waals surface area (Å²) in [6.07, 6.45) is 8.61. The molecule has 1 aromatic rings. The summed E-state index contributed by atoms with van der Waals surface area (Å²) in [5.74, 6) is 1.23. The van der Waals surface area contributed by atoms with Crippen LogP contribution in [0.5, 0.6) is 11.5 Å². The van der Waals surface area contributed by atoms with Crippen molar-refractivity contribution in [2.45, 2.75) is 84.7 Å². The topological polar surface area (TPSA) is 29.5 Å². The molecule has 1 heterocycles. The van der Waals surface area contributed by atoms with Crippen molar-refractivity contribution in [2.24, 2.45) is 0 Å². The number of rotatable bonds is 8. The molecule has 2 rings (SSSR count). The molecule has 1 aliphatic heterocycles. The van der Waals surface area contributed by atoms with Gasteiger partial charge in [0.25, 0.3) is 0 Å². The average Bonchev–Trinajstić information content (AvgIpc) is 2.51. The molecule has 0 unspecified atom stereocenters. The molecule has 1 aliphatic rings. The molecule has 0 saturated heterocycles. The molecule has 0 aliphatic carbocycles. The fourth-order valence-electron chi connectivity index (χ4n) is 4.10. The molecule has 23 heavy (non-hydrogen) atoms. The van der Waals surface area contributed by atoms with E-state index in [1.165, 1.54) is 11.1 Å². The van der Waals surface area contributed by atoms with Gasteiger partial charge in [-0.2, -0.15) is 0 Å². The second-order valence-corrected chi connectivity index (χ2v) is 6.70. The van der Waals surface area contributed by atoms with Crippen LogP contribution in [0.25, 0.3) is 5.57 Å². The SMILES string of the molecule is CCCC1=C(CCC)C(CCC)(CCC)Oc2cccc(O)c21. The van der Waals surface area contributed by atoms with Crippen LogP contribution in [0.15, 0.2) is 23.8 Å². The zero-order chi connectivity index (χ0) is 16.9. The number of ether oxygens (including phenoxy) is 1. The molecular weight excluding hydrogens is 284 g/mol. The fraction of sp³-hybridized carbons (Fsp3) is 0.619. The first-order valence-electron chi connectivity index (χ1n) is 9.37. The van der Waals surface area contributed by atoms with E-state index in [1.54, 1.807) is 6.07 Å². The third-order valence-corrected chi connectivity index (χ3v) is 4.83. The normalized spacial score (nSPS) is 16.2. The summed E-state index contributed by atoms with van der Waals surface area (Å²) in [5.41, 5.74) is 3.56. The summed E-state index contributed by atoms with van der Waals surface area (Å²) in [7, 11) is 0. The maximum atomic E-state index is 10.5. The first-order chi connectivity index (χ1) is 11.1. The molecule has 0 fully saturated rings. The average molecular weight is 316 g/mol. The molecule has 128 valence electrons. The molecule has 1 N–H and O–H groups in total. The van der Waals surface area contributed by atoms with Crippen LogP contribution in [0.2, 0.25) is 0 Å². The minimum Gasteiger partial charge on any atom is -0.507 e. The van der Waals surface area contributed by atoms with Crippen molar-refractivity contribution in [1.29, 1.82) is 0 Å². The van der Waals surface area contributed by atoms with E-state index in [-0.39, 0.29) is 5.60 Å². The first kappa shape index (κ1) is 17.9. The van der Waals surface area contributed by atoms with Gasteiger partial charge in [0, 0.05) is 0 Å². The van der Waals surface area contributed by atoms with E-state index >= 15 is 0 Å². The monoisotopic (exact) mass is 316 g/mol. The van der Waals surface area contributed by atoms with E-state index in [0.717, 1.165) is 62.7 Å². The predicted octanol–water partition coefficient (Wildman–Crippen LogP) is 6.48. The lowest BCUT2D eigenvalue weighted by Crippen LogP contribution is -2.41. The number of phenolic OH excluding ortho intramolecular Hbond substituents is 1. The molecule has 0 radical (unpaired) electrons. The number of benzene rings is 1. The molecule has 2 nitrogen and oxygen atoms in total. The van der Waals surface area contributed by atoms with Gasteiger partial charge in [-0.1, -0.05) is 59.4 Å². The Morgan fingerprint density at radius 3 is 2.13 bits per heavy atom. The molecule has 0 saturated carbocycles. The van der Waals surface area contributed by atoms with Crippen LogP contribution in [0.1, 0.15) is 84.6 Å². The number of phenols is 1. The van der Waals surface area contributed by atoms with Crippen molar-refractivity contribution in [2.75, 3.05) is 0 Å². The Kier molecular flexibility index (Phi) is 6.15. The molecule has 0 atom stereocenters. The van der Waals surface area contributed by atoms with E-state index in [1.807, 2.05) is 12.1 Å². The van der Waals surface area contributed by atoms with Crippen LogP contribution in [-0.2, 0) is 0 Å². The maximum absolute atomic E-state index is 10.5. The zero-order valence-corrected chi connectivity index (χ0v) is 15.2. The lowest BCUT2D eigenvalue weighted by molar-refractivity contribution is 0.0776. The van der Waals surface area contributed by atoms with Crippen LogP contribution < -0.4 is 4.74 Å². The van der Waals surface area contributed by atoms with Crippen LogP contribution in [0.4, 0.5) is 0 Å². The standard InChI is InChI=1S/C21H32O2/c1-5-10-16-17(11-6-2)21(14-7-3,15-8-4)23-19-13-9-12-18(22)20(16)19/h9,12-13,22H,5-8,10-11,14-15H2,1-4H3. The number of aromatic hydroxyl groups is 1. The largest absolute Gasteiger partial charge is 0.507 e. The van der Waals surface area contributed by atoms with E-state index in [4.69, 9.17) is 4.74 Å². The lowest BCUT2D eigenvalue weighted by atomic mass is 9.75. The summed E-state index contributed by atoms with van der Waals surface area (Å²) in [6, 6.07) is 5.70. The molecule has 0 amide bonds. The molecule has 0 bridgehead atoms. The van der Waals surface area contributed by atoms with Gasteiger partial charge in [-0.25, -0.2) is 0 Å². The first-order valence-corrected chi connectivity index (χ1v) is 9.37. The van der Waals surface area contributed by atoms with Gasteiger partial charge in [0.1, 0.15) is 17.1 Å². The zero-order valence-electron chi connectivity index (χ0n) is 15.2. The molecule has 2 heteroatoms. The van der Waals surface area contributed by atoms with Crippen LogP contribution >= 0.6 is 0 Å². The second kappa shape index (κ2) is 7.90. The minimum absolute atomic E-state index is 0.176. The summed E-state index contributed by atoms with van der Waals surface area (Å²) < 4.78 is 6.61. The Hall–Kier alpha value is -1.44. The van der Waals surface area contributed by atoms with Crippen molar-refractivity contribution in [1.82, 2.24) is 0 Å². The smallest absolute Gasteiger partial charge is 0.131 e. The third-order valence-electron chi connectivity index (χ3n) is 4.83. The predicted molar refractivity (Wildman–Crippen MR) is 98.0 cm³/mol. The summed E-state index contributed by atoms with van der Waals surface area (Å²) in [4.78, 5) is 0. The summed E-state index contributed by atoms with van der Waals surface area (Å²) >= 11 is 0. The van der Waals surface area contributed by atoms with Gasteiger partial charge < -0.3 is 9.84 Å². The van der Waals surface area contributed by atoms with Gasteiger partial charge in [0.05, 0.1) is 5.56 Å². The molecule has 0 spiro atoms. The maximum Gasteiger partial charge on any atom is 0.131 e. The van der Waals surface area contributed by atoms with Gasteiger partial charge in [0.2, 0.25) is 0 Å². The number of fused-ring (bicyclic) bond motifs is 1.